The van der Waals surface area contributed by atoms with Gasteiger partial charge in [0.1, 0.15) is 5.69 Å². The summed E-state index contributed by atoms with van der Waals surface area (Å²) in [6.07, 6.45) is 0. The minimum absolute atomic E-state index is 0.138. The van der Waals surface area contributed by atoms with Crippen LogP contribution in [0, 0.1) is 13.8 Å². The van der Waals surface area contributed by atoms with Crippen LogP contribution in [0.25, 0.3) is 10.9 Å². The van der Waals surface area contributed by atoms with Crippen molar-refractivity contribution in [3.63, 3.8) is 0 Å². The van der Waals surface area contributed by atoms with Gasteiger partial charge in [0.05, 0.1) is 5.52 Å². The Hall–Kier alpha value is -3.08. The van der Waals surface area contributed by atoms with E-state index in [-0.39, 0.29) is 11.8 Å². The summed E-state index contributed by atoms with van der Waals surface area (Å²) in [5.41, 5.74) is 4.71. The van der Waals surface area contributed by atoms with Crippen molar-refractivity contribution in [2.45, 2.75) is 20.8 Å². The number of nitrogens with zero attached hydrogens (tertiary/aromatic N) is 1. The van der Waals surface area contributed by atoms with Gasteiger partial charge in [0, 0.05) is 30.2 Å². The van der Waals surface area contributed by atoms with Gasteiger partial charge < -0.3 is 15.2 Å². The van der Waals surface area contributed by atoms with Crippen LogP contribution in [0.3, 0.4) is 0 Å². The van der Waals surface area contributed by atoms with Gasteiger partial charge in [0.2, 0.25) is 0 Å². The normalized spacial score (nSPS) is 10.8. The second-order valence-corrected chi connectivity index (χ2v) is 6.39. The van der Waals surface area contributed by atoms with Gasteiger partial charge in [0.25, 0.3) is 11.8 Å². The summed E-state index contributed by atoms with van der Waals surface area (Å²) < 4.78 is 1.91. The lowest BCUT2D eigenvalue weighted by Gasteiger charge is -2.13. The van der Waals surface area contributed by atoms with Crippen molar-refractivity contribution < 1.29 is 9.59 Å². The summed E-state index contributed by atoms with van der Waals surface area (Å²) in [5.74, 6) is -0.333. The molecule has 0 saturated carbocycles. The second-order valence-electron chi connectivity index (χ2n) is 6.39. The van der Waals surface area contributed by atoms with E-state index in [2.05, 4.69) is 10.6 Å². The quantitative estimate of drug-likeness (QED) is 0.752. The Kier molecular flexibility index (Phi) is 4.80. The van der Waals surface area contributed by atoms with Crippen LogP contribution in [-0.4, -0.2) is 22.9 Å². The lowest BCUT2D eigenvalue weighted by molar-refractivity contribution is 0.0953. The molecule has 0 radical (unpaired) electrons. The Bertz CT molecular complexity index is 1000. The molecule has 1 aromatic heterocycles. The van der Waals surface area contributed by atoms with E-state index < -0.39 is 0 Å². The number of anilines is 1. The smallest absolute Gasteiger partial charge is 0.272 e. The third kappa shape index (κ3) is 3.08. The Morgan fingerprint density at radius 2 is 1.77 bits per heavy atom. The van der Waals surface area contributed by atoms with Crippen molar-refractivity contribution in [3.8, 4) is 0 Å². The second kappa shape index (κ2) is 7.04. The molecule has 2 amide bonds. The molecule has 26 heavy (non-hydrogen) atoms. The fraction of sp³-hybridized carbons (Fsp3) is 0.238. The van der Waals surface area contributed by atoms with Gasteiger partial charge in [0.15, 0.2) is 0 Å². The monoisotopic (exact) mass is 349 g/mol. The van der Waals surface area contributed by atoms with Crippen LogP contribution < -0.4 is 10.6 Å². The molecule has 0 aliphatic heterocycles. The van der Waals surface area contributed by atoms with Crippen LogP contribution in [0.5, 0.6) is 0 Å². The lowest BCUT2D eigenvalue weighted by atomic mass is 10.1. The fourth-order valence-corrected chi connectivity index (χ4v) is 3.30. The van der Waals surface area contributed by atoms with Gasteiger partial charge in [-0.05, 0) is 50.1 Å². The van der Waals surface area contributed by atoms with Crippen molar-refractivity contribution in [2.75, 3.05) is 11.9 Å². The molecule has 0 spiro atoms. The van der Waals surface area contributed by atoms with E-state index in [1.54, 1.807) is 12.1 Å². The standard InChI is InChI=1S/C21H23N3O2/c1-5-22-20(25)16-10-7-11-17(14(16)3)23-21(26)18-12-15-9-6-8-13(2)19(15)24(18)4/h6-12H,5H2,1-4H3,(H,22,25)(H,23,26). The van der Waals surface area contributed by atoms with Crippen molar-refractivity contribution in [1.82, 2.24) is 9.88 Å². The first-order valence-corrected chi connectivity index (χ1v) is 8.68. The number of carbonyl (C=O) groups excluding carboxylic acids is 2. The summed E-state index contributed by atoms with van der Waals surface area (Å²) in [6, 6.07) is 13.3. The molecule has 3 rings (SSSR count). The first kappa shape index (κ1) is 17.7. The maximum atomic E-state index is 12.8. The lowest BCUT2D eigenvalue weighted by Crippen LogP contribution is -2.24. The SMILES string of the molecule is CCNC(=O)c1cccc(NC(=O)c2cc3cccc(C)c3n2C)c1C. The zero-order valence-corrected chi connectivity index (χ0v) is 15.5. The highest BCUT2D eigenvalue weighted by molar-refractivity contribution is 6.08. The summed E-state index contributed by atoms with van der Waals surface area (Å²) in [5, 5.41) is 6.77. The van der Waals surface area contributed by atoms with Crippen molar-refractivity contribution in [1.29, 1.82) is 0 Å². The number of fused-ring (bicyclic) bond motifs is 1. The summed E-state index contributed by atoms with van der Waals surface area (Å²) in [7, 11) is 1.89. The van der Waals surface area contributed by atoms with E-state index in [1.165, 1.54) is 0 Å². The number of benzene rings is 2. The average molecular weight is 349 g/mol. The molecular formula is C21H23N3O2. The largest absolute Gasteiger partial charge is 0.352 e. The molecule has 0 aliphatic carbocycles. The number of carbonyl (C=O) groups is 2. The van der Waals surface area contributed by atoms with Crippen molar-refractivity contribution in [2.24, 2.45) is 7.05 Å². The van der Waals surface area contributed by atoms with E-state index in [1.807, 2.05) is 62.7 Å². The van der Waals surface area contributed by atoms with Gasteiger partial charge >= 0.3 is 0 Å². The Balaban J connectivity index is 1.94. The molecule has 0 fully saturated rings. The first-order valence-electron chi connectivity index (χ1n) is 8.68. The number of aryl methyl sites for hydroxylation is 2. The number of rotatable bonds is 4. The Morgan fingerprint density at radius 1 is 1.04 bits per heavy atom. The zero-order chi connectivity index (χ0) is 18.8. The third-order valence-corrected chi connectivity index (χ3v) is 4.65. The van der Waals surface area contributed by atoms with Gasteiger partial charge in [-0.2, -0.15) is 0 Å². The van der Waals surface area contributed by atoms with Crippen molar-refractivity contribution in [3.05, 3.63) is 64.8 Å². The van der Waals surface area contributed by atoms with Gasteiger partial charge in [-0.3, -0.25) is 9.59 Å². The van der Waals surface area contributed by atoms with Crippen LogP contribution in [0.1, 0.15) is 38.9 Å². The van der Waals surface area contributed by atoms with Crippen molar-refractivity contribution >= 4 is 28.4 Å². The summed E-state index contributed by atoms with van der Waals surface area (Å²) >= 11 is 0. The topological polar surface area (TPSA) is 63.1 Å². The number of aromatic nitrogens is 1. The molecule has 0 aliphatic rings. The zero-order valence-electron chi connectivity index (χ0n) is 15.5. The van der Waals surface area contributed by atoms with E-state index in [0.29, 0.717) is 23.5 Å². The maximum absolute atomic E-state index is 12.8. The maximum Gasteiger partial charge on any atom is 0.272 e. The van der Waals surface area contributed by atoms with Crippen LogP contribution in [0.2, 0.25) is 0 Å². The van der Waals surface area contributed by atoms with Gasteiger partial charge in [-0.25, -0.2) is 0 Å². The molecule has 0 saturated heterocycles. The molecule has 0 bridgehead atoms. The molecule has 3 aromatic rings. The van der Waals surface area contributed by atoms with Crippen LogP contribution >= 0.6 is 0 Å². The van der Waals surface area contributed by atoms with Gasteiger partial charge in [-0.15, -0.1) is 0 Å². The number of hydrogen-bond donors (Lipinski definition) is 2. The van der Waals surface area contributed by atoms with E-state index in [0.717, 1.165) is 22.0 Å². The van der Waals surface area contributed by atoms with Crippen LogP contribution in [0.15, 0.2) is 42.5 Å². The van der Waals surface area contributed by atoms with Crippen LogP contribution in [0.4, 0.5) is 5.69 Å². The summed E-state index contributed by atoms with van der Waals surface area (Å²) in [4.78, 5) is 25.0. The summed E-state index contributed by atoms with van der Waals surface area (Å²) in [6.45, 7) is 6.31. The molecule has 2 N–H and O–H groups in total. The molecule has 5 heteroatoms. The number of amides is 2. The Labute approximate surface area is 153 Å². The molecule has 2 aromatic carbocycles. The predicted molar refractivity (Wildman–Crippen MR) is 105 cm³/mol. The number of hydrogen-bond acceptors (Lipinski definition) is 2. The first-order chi connectivity index (χ1) is 12.4. The molecule has 1 heterocycles. The van der Waals surface area contributed by atoms with Gasteiger partial charge in [-0.1, -0.05) is 24.3 Å². The highest BCUT2D eigenvalue weighted by atomic mass is 16.2. The van der Waals surface area contributed by atoms with E-state index >= 15 is 0 Å². The molecule has 5 nitrogen and oxygen atoms in total. The molecule has 134 valence electrons. The van der Waals surface area contributed by atoms with E-state index in [9.17, 15) is 9.59 Å². The number of nitrogens with one attached hydrogen (secondary N) is 2. The minimum atomic E-state index is -0.195. The molecule has 0 unspecified atom stereocenters. The average Bonchev–Trinajstić information content (AvgIpc) is 2.95. The minimum Gasteiger partial charge on any atom is -0.352 e. The highest BCUT2D eigenvalue weighted by Crippen LogP contribution is 2.24. The molecular weight excluding hydrogens is 326 g/mol. The fourth-order valence-electron chi connectivity index (χ4n) is 3.30. The third-order valence-electron chi connectivity index (χ3n) is 4.65. The molecule has 0 atom stereocenters. The Morgan fingerprint density at radius 3 is 2.46 bits per heavy atom. The van der Waals surface area contributed by atoms with Crippen LogP contribution in [-0.2, 0) is 7.05 Å². The number of para-hydroxylation sites is 1. The predicted octanol–water partition coefficient (Wildman–Crippen LogP) is 3.80. The van der Waals surface area contributed by atoms with E-state index in [4.69, 9.17) is 0 Å². The highest BCUT2D eigenvalue weighted by Gasteiger charge is 2.17.